The Hall–Kier alpha value is -2.20. The largest absolute Gasteiger partial charge is 0.326 e. The number of nitrogens with zero attached hydrogens (tertiary/aromatic N) is 1. The highest BCUT2D eigenvalue weighted by Crippen LogP contribution is 2.17. The van der Waals surface area contributed by atoms with E-state index in [1.165, 1.54) is 0 Å². The van der Waals surface area contributed by atoms with Crippen molar-refractivity contribution in [2.45, 2.75) is 20.4 Å². The highest BCUT2D eigenvalue weighted by molar-refractivity contribution is 6.04. The molecule has 1 aromatic heterocycles. The Morgan fingerprint density at radius 1 is 1.26 bits per heavy atom. The van der Waals surface area contributed by atoms with Crippen LogP contribution in [0.5, 0.6) is 0 Å². The Kier molecular flexibility index (Phi) is 3.92. The number of amides is 1. The number of hydrogen-bond donors (Lipinski definition) is 2. The molecule has 4 nitrogen and oxygen atoms in total. The third-order valence-corrected chi connectivity index (χ3v) is 2.94. The van der Waals surface area contributed by atoms with Gasteiger partial charge >= 0.3 is 0 Å². The topological polar surface area (TPSA) is 68.0 Å². The molecule has 0 aliphatic heterocycles. The van der Waals surface area contributed by atoms with E-state index in [0.29, 0.717) is 12.1 Å². The lowest BCUT2D eigenvalue weighted by atomic mass is 10.1. The van der Waals surface area contributed by atoms with Gasteiger partial charge in [0.25, 0.3) is 5.91 Å². The third kappa shape index (κ3) is 3.17. The number of benzene rings is 1. The number of aromatic nitrogens is 1. The second-order valence-corrected chi connectivity index (χ2v) is 4.49. The average molecular weight is 255 g/mol. The summed E-state index contributed by atoms with van der Waals surface area (Å²) in [6.45, 7) is 4.27. The smallest absolute Gasteiger partial charge is 0.255 e. The first kappa shape index (κ1) is 13.2. The molecule has 0 radical (unpaired) electrons. The molecule has 98 valence electrons. The Bertz CT molecular complexity index is 608. The Labute approximate surface area is 112 Å². The van der Waals surface area contributed by atoms with Crippen molar-refractivity contribution in [1.82, 2.24) is 4.98 Å². The predicted molar refractivity (Wildman–Crippen MR) is 76.0 cm³/mol. The fourth-order valence-electron chi connectivity index (χ4n) is 1.81. The molecule has 1 amide bonds. The number of hydrogen-bond acceptors (Lipinski definition) is 3. The van der Waals surface area contributed by atoms with Gasteiger partial charge in [-0.3, -0.25) is 9.78 Å². The second kappa shape index (κ2) is 5.63. The summed E-state index contributed by atoms with van der Waals surface area (Å²) < 4.78 is 0. The lowest BCUT2D eigenvalue weighted by Crippen LogP contribution is -2.13. The van der Waals surface area contributed by atoms with Gasteiger partial charge in [0.2, 0.25) is 0 Å². The van der Waals surface area contributed by atoms with Gasteiger partial charge in [-0.15, -0.1) is 0 Å². The summed E-state index contributed by atoms with van der Waals surface area (Å²) in [4.78, 5) is 16.2. The second-order valence-electron chi connectivity index (χ2n) is 4.49. The van der Waals surface area contributed by atoms with Crippen LogP contribution in [0, 0.1) is 13.8 Å². The number of carbonyl (C=O) groups excluding carboxylic acids is 1. The molecule has 1 aromatic carbocycles. The molecule has 3 N–H and O–H groups in total. The summed E-state index contributed by atoms with van der Waals surface area (Å²) in [5.74, 6) is -0.136. The SMILES string of the molecule is Cc1cc(C(=O)Nc2cc(CN)ccc2C)ccn1. The number of pyridine rings is 1. The first-order chi connectivity index (χ1) is 9.10. The van der Waals surface area contributed by atoms with Gasteiger partial charge in [0.15, 0.2) is 0 Å². The predicted octanol–water partition coefficient (Wildman–Crippen LogP) is 2.41. The van der Waals surface area contributed by atoms with Gasteiger partial charge in [-0.25, -0.2) is 0 Å². The van der Waals surface area contributed by atoms with Crippen LogP contribution in [-0.2, 0) is 6.54 Å². The van der Waals surface area contributed by atoms with Crippen molar-refractivity contribution in [1.29, 1.82) is 0 Å². The normalized spacial score (nSPS) is 10.3. The van der Waals surface area contributed by atoms with Crippen LogP contribution in [0.2, 0.25) is 0 Å². The maximum Gasteiger partial charge on any atom is 0.255 e. The van der Waals surface area contributed by atoms with Crippen molar-refractivity contribution < 1.29 is 4.79 Å². The van der Waals surface area contributed by atoms with E-state index in [9.17, 15) is 4.79 Å². The molecule has 0 bridgehead atoms. The van der Waals surface area contributed by atoms with Crippen LogP contribution in [0.4, 0.5) is 5.69 Å². The van der Waals surface area contributed by atoms with Crippen LogP contribution in [0.1, 0.15) is 27.2 Å². The first-order valence-electron chi connectivity index (χ1n) is 6.14. The summed E-state index contributed by atoms with van der Waals surface area (Å²) in [6.07, 6.45) is 1.63. The summed E-state index contributed by atoms with van der Waals surface area (Å²) in [6, 6.07) is 9.28. The molecule has 0 spiro atoms. The minimum absolute atomic E-state index is 0.136. The molecular weight excluding hydrogens is 238 g/mol. The lowest BCUT2D eigenvalue weighted by molar-refractivity contribution is 0.102. The lowest BCUT2D eigenvalue weighted by Gasteiger charge is -2.10. The number of rotatable bonds is 3. The van der Waals surface area contributed by atoms with Crippen molar-refractivity contribution in [3.8, 4) is 0 Å². The van der Waals surface area contributed by atoms with Crippen LogP contribution in [0.25, 0.3) is 0 Å². The van der Waals surface area contributed by atoms with E-state index >= 15 is 0 Å². The van der Waals surface area contributed by atoms with E-state index in [4.69, 9.17) is 5.73 Å². The fourth-order valence-corrected chi connectivity index (χ4v) is 1.81. The molecule has 0 aliphatic carbocycles. The van der Waals surface area contributed by atoms with E-state index in [-0.39, 0.29) is 5.91 Å². The molecule has 2 rings (SSSR count). The van der Waals surface area contributed by atoms with Crippen LogP contribution in [0.15, 0.2) is 36.5 Å². The molecule has 0 fully saturated rings. The van der Waals surface area contributed by atoms with Crippen molar-refractivity contribution in [3.63, 3.8) is 0 Å². The molecular formula is C15H17N3O. The van der Waals surface area contributed by atoms with Gasteiger partial charge in [-0.05, 0) is 43.2 Å². The van der Waals surface area contributed by atoms with Gasteiger partial charge in [0, 0.05) is 29.7 Å². The van der Waals surface area contributed by atoms with Crippen LogP contribution in [-0.4, -0.2) is 10.9 Å². The molecule has 4 heteroatoms. The number of nitrogens with one attached hydrogen (secondary N) is 1. The van der Waals surface area contributed by atoms with Gasteiger partial charge < -0.3 is 11.1 Å². The van der Waals surface area contributed by atoms with E-state index in [1.54, 1.807) is 18.3 Å². The monoisotopic (exact) mass is 255 g/mol. The molecule has 0 saturated carbocycles. The zero-order valence-corrected chi connectivity index (χ0v) is 11.1. The third-order valence-electron chi connectivity index (χ3n) is 2.94. The number of nitrogens with two attached hydrogens (primary N) is 1. The van der Waals surface area contributed by atoms with Crippen LogP contribution in [0.3, 0.4) is 0 Å². The average Bonchev–Trinajstić information content (AvgIpc) is 2.41. The number of anilines is 1. The van der Waals surface area contributed by atoms with Crippen molar-refractivity contribution in [2.24, 2.45) is 5.73 Å². The van der Waals surface area contributed by atoms with Crippen molar-refractivity contribution in [2.75, 3.05) is 5.32 Å². The van der Waals surface area contributed by atoms with Crippen molar-refractivity contribution >= 4 is 11.6 Å². The first-order valence-corrected chi connectivity index (χ1v) is 6.14. The zero-order chi connectivity index (χ0) is 13.8. The molecule has 0 aliphatic rings. The van der Waals surface area contributed by atoms with Gasteiger partial charge in [-0.1, -0.05) is 12.1 Å². The summed E-state index contributed by atoms with van der Waals surface area (Å²) in [7, 11) is 0. The Morgan fingerprint density at radius 2 is 2.05 bits per heavy atom. The quantitative estimate of drug-likeness (QED) is 0.885. The highest BCUT2D eigenvalue weighted by Gasteiger charge is 2.08. The van der Waals surface area contributed by atoms with Crippen molar-refractivity contribution in [3.05, 3.63) is 58.9 Å². The molecule has 0 unspecified atom stereocenters. The minimum Gasteiger partial charge on any atom is -0.326 e. The zero-order valence-electron chi connectivity index (χ0n) is 11.1. The van der Waals surface area contributed by atoms with E-state index in [2.05, 4.69) is 10.3 Å². The van der Waals surface area contributed by atoms with Crippen LogP contribution >= 0.6 is 0 Å². The number of aryl methyl sites for hydroxylation is 2. The maximum absolute atomic E-state index is 12.1. The van der Waals surface area contributed by atoms with E-state index in [0.717, 1.165) is 22.5 Å². The van der Waals surface area contributed by atoms with Crippen LogP contribution < -0.4 is 11.1 Å². The van der Waals surface area contributed by atoms with E-state index in [1.807, 2.05) is 32.0 Å². The standard InChI is InChI=1S/C15H17N3O/c1-10-3-4-12(9-16)8-14(10)18-15(19)13-5-6-17-11(2)7-13/h3-8H,9,16H2,1-2H3,(H,18,19). The fraction of sp³-hybridized carbons (Fsp3) is 0.200. The molecule has 1 heterocycles. The summed E-state index contributed by atoms with van der Waals surface area (Å²) in [5.41, 5.74) is 9.83. The minimum atomic E-state index is -0.136. The maximum atomic E-state index is 12.1. The molecule has 2 aromatic rings. The molecule has 0 atom stereocenters. The van der Waals surface area contributed by atoms with E-state index < -0.39 is 0 Å². The van der Waals surface area contributed by atoms with Gasteiger partial charge in [0.05, 0.1) is 0 Å². The number of carbonyl (C=O) groups is 1. The van der Waals surface area contributed by atoms with Gasteiger partial charge in [0.1, 0.15) is 0 Å². The Morgan fingerprint density at radius 3 is 2.74 bits per heavy atom. The molecule has 0 saturated heterocycles. The Balaban J connectivity index is 2.23. The van der Waals surface area contributed by atoms with Gasteiger partial charge in [-0.2, -0.15) is 0 Å². The summed E-state index contributed by atoms with van der Waals surface area (Å²) in [5, 5.41) is 2.91. The summed E-state index contributed by atoms with van der Waals surface area (Å²) >= 11 is 0. The molecule has 19 heavy (non-hydrogen) atoms. The highest BCUT2D eigenvalue weighted by atomic mass is 16.1.